The van der Waals surface area contributed by atoms with Crippen molar-refractivity contribution in [2.24, 2.45) is 0 Å². The molecule has 1 fully saturated rings. The lowest BCUT2D eigenvalue weighted by molar-refractivity contribution is -0.137. The number of piperazine rings is 1. The van der Waals surface area contributed by atoms with Crippen molar-refractivity contribution in [3.8, 4) is 28.4 Å². The first-order chi connectivity index (χ1) is 21.9. The largest absolute Gasteiger partial charge is 0.454 e. The molecule has 1 aromatic heterocycles. The first-order valence-electron chi connectivity index (χ1n) is 15.0. The van der Waals surface area contributed by atoms with Gasteiger partial charge in [-0.15, -0.1) is 11.8 Å². The third-order valence-corrected chi connectivity index (χ3v) is 9.71. The number of benzene rings is 3. The van der Waals surface area contributed by atoms with Crippen molar-refractivity contribution in [1.29, 1.82) is 0 Å². The number of hydrogen-bond acceptors (Lipinski definition) is 7. The summed E-state index contributed by atoms with van der Waals surface area (Å²) in [5.41, 5.74) is 5.30. The van der Waals surface area contributed by atoms with Crippen molar-refractivity contribution in [3.63, 3.8) is 0 Å². The lowest BCUT2D eigenvalue weighted by Gasteiger charge is -2.35. The molecular weight excluding hydrogens is 590 g/mol. The van der Waals surface area contributed by atoms with Crippen LogP contribution in [0, 0.1) is 6.92 Å². The molecule has 7 rings (SSSR count). The predicted octanol–water partition coefficient (Wildman–Crippen LogP) is 4.44. The van der Waals surface area contributed by atoms with Crippen LogP contribution in [0.25, 0.3) is 16.9 Å². The summed E-state index contributed by atoms with van der Waals surface area (Å²) in [6, 6.07) is 23.8. The molecule has 3 amide bonds. The second kappa shape index (κ2) is 12.0. The highest BCUT2D eigenvalue weighted by molar-refractivity contribution is 8.00. The number of thioether (sulfide) groups is 1. The third kappa shape index (κ3) is 5.52. The van der Waals surface area contributed by atoms with Crippen molar-refractivity contribution in [1.82, 2.24) is 19.6 Å². The van der Waals surface area contributed by atoms with Crippen LogP contribution in [0.3, 0.4) is 0 Å². The van der Waals surface area contributed by atoms with Crippen LogP contribution in [0.1, 0.15) is 28.9 Å². The summed E-state index contributed by atoms with van der Waals surface area (Å²) >= 11 is 1.51. The number of ether oxygens (including phenoxy) is 2. The molecule has 10 nitrogen and oxygen atoms in total. The van der Waals surface area contributed by atoms with E-state index in [1.54, 1.807) is 21.6 Å². The Bertz CT molecular complexity index is 1780. The van der Waals surface area contributed by atoms with Crippen molar-refractivity contribution < 1.29 is 23.9 Å². The fourth-order valence-corrected chi connectivity index (χ4v) is 7.30. The Balaban J connectivity index is 1.39. The standard InChI is InChI=1S/C34H33N5O5S/c1-22-7-6-10-26(17-22)39-34-31(32(35-39)24-8-4-3-5-9-24)33(25-11-12-27-28(18-25)44-21-43-27)45-20-30(42)38(34)19-29(41)37-15-13-36(14-16-37)23(2)40/h3-12,17-18,33H,13-16,19-21H2,1-2H3/t33-/m1/s1. The minimum atomic E-state index is -0.286. The zero-order chi connectivity index (χ0) is 31.1. The van der Waals surface area contributed by atoms with Gasteiger partial charge in [0.05, 0.1) is 22.4 Å². The Hall–Kier alpha value is -4.77. The molecule has 3 aromatic carbocycles. The summed E-state index contributed by atoms with van der Waals surface area (Å²) in [6.45, 7) is 5.39. The van der Waals surface area contributed by atoms with Crippen LogP contribution in [-0.2, 0) is 14.4 Å². The lowest BCUT2D eigenvalue weighted by atomic mass is 9.99. The molecule has 1 saturated heterocycles. The zero-order valence-corrected chi connectivity index (χ0v) is 26.0. The number of fused-ring (bicyclic) bond motifs is 2. The molecule has 4 heterocycles. The SMILES string of the molecule is CC(=O)N1CCN(C(=O)CN2C(=O)CS[C@H](c3ccc4c(c3)OCO4)c3c(-c4ccccc4)nn(-c4cccc(C)c4)c32)CC1. The molecule has 1 atom stereocenters. The van der Waals surface area contributed by atoms with Crippen LogP contribution in [-0.4, -0.2) is 82.6 Å². The number of amides is 3. The van der Waals surface area contributed by atoms with Gasteiger partial charge in [0.25, 0.3) is 0 Å². The number of aryl methyl sites for hydroxylation is 1. The van der Waals surface area contributed by atoms with E-state index in [1.807, 2.05) is 84.4 Å². The summed E-state index contributed by atoms with van der Waals surface area (Å²) in [7, 11) is 0. The summed E-state index contributed by atoms with van der Waals surface area (Å²) in [4.78, 5) is 44.9. The average Bonchev–Trinajstić information content (AvgIpc) is 3.66. The van der Waals surface area contributed by atoms with Crippen LogP contribution in [0.5, 0.6) is 11.5 Å². The number of hydrogen-bond donors (Lipinski definition) is 0. The maximum Gasteiger partial charge on any atom is 0.242 e. The fourth-order valence-electron chi connectivity index (χ4n) is 6.11. The quantitative estimate of drug-likeness (QED) is 0.325. The summed E-state index contributed by atoms with van der Waals surface area (Å²) in [5, 5.41) is 4.90. The second-order valence-electron chi connectivity index (χ2n) is 11.4. The molecule has 0 radical (unpaired) electrons. The van der Waals surface area contributed by atoms with Crippen molar-refractivity contribution in [2.45, 2.75) is 19.1 Å². The second-order valence-corrected chi connectivity index (χ2v) is 12.5. The van der Waals surface area contributed by atoms with Crippen LogP contribution in [0.4, 0.5) is 5.82 Å². The van der Waals surface area contributed by atoms with Gasteiger partial charge in [-0.05, 0) is 42.3 Å². The monoisotopic (exact) mass is 623 g/mol. The smallest absolute Gasteiger partial charge is 0.242 e. The van der Waals surface area contributed by atoms with E-state index in [0.29, 0.717) is 43.5 Å². The molecule has 0 bridgehead atoms. The predicted molar refractivity (Wildman–Crippen MR) is 172 cm³/mol. The molecule has 0 spiro atoms. The Morgan fingerprint density at radius 1 is 0.911 bits per heavy atom. The highest BCUT2D eigenvalue weighted by atomic mass is 32.2. The highest BCUT2D eigenvalue weighted by Gasteiger charge is 2.39. The number of aromatic nitrogens is 2. The normalized spacial score (nSPS) is 17.7. The van der Waals surface area contributed by atoms with E-state index in [0.717, 1.165) is 33.6 Å². The van der Waals surface area contributed by atoms with Gasteiger partial charge in [0, 0.05) is 44.2 Å². The van der Waals surface area contributed by atoms with Crippen molar-refractivity contribution in [3.05, 3.63) is 89.5 Å². The van der Waals surface area contributed by atoms with Crippen LogP contribution in [0.15, 0.2) is 72.8 Å². The fraction of sp³-hybridized carbons (Fsp3) is 0.294. The van der Waals surface area contributed by atoms with Crippen LogP contribution in [0.2, 0.25) is 0 Å². The Morgan fingerprint density at radius 2 is 1.67 bits per heavy atom. The first-order valence-corrected chi connectivity index (χ1v) is 16.0. The van der Waals surface area contributed by atoms with Gasteiger partial charge in [-0.2, -0.15) is 5.10 Å². The minimum Gasteiger partial charge on any atom is -0.454 e. The van der Waals surface area contributed by atoms with Crippen molar-refractivity contribution in [2.75, 3.05) is 50.2 Å². The number of rotatable bonds is 5. The van der Waals surface area contributed by atoms with Crippen molar-refractivity contribution >= 4 is 35.3 Å². The Labute approximate surface area is 265 Å². The third-order valence-electron chi connectivity index (χ3n) is 8.45. The maximum absolute atomic E-state index is 14.1. The first kappa shape index (κ1) is 29.0. The summed E-state index contributed by atoms with van der Waals surface area (Å²) in [6.07, 6.45) is 0. The number of anilines is 1. The van der Waals surface area contributed by atoms with E-state index in [1.165, 1.54) is 11.8 Å². The summed E-state index contributed by atoms with van der Waals surface area (Å²) in [5.74, 6) is 1.75. The molecule has 0 aliphatic carbocycles. The topological polar surface area (TPSA) is 97.2 Å². The molecule has 0 unspecified atom stereocenters. The van der Waals surface area contributed by atoms with Gasteiger partial charge in [-0.25, -0.2) is 4.68 Å². The van der Waals surface area contributed by atoms with E-state index < -0.39 is 0 Å². The van der Waals surface area contributed by atoms with Gasteiger partial charge < -0.3 is 19.3 Å². The van der Waals surface area contributed by atoms with E-state index in [9.17, 15) is 14.4 Å². The van der Waals surface area contributed by atoms with E-state index in [4.69, 9.17) is 14.6 Å². The average molecular weight is 624 g/mol. The number of nitrogens with zero attached hydrogens (tertiary/aromatic N) is 5. The summed E-state index contributed by atoms with van der Waals surface area (Å²) < 4.78 is 13.1. The molecule has 4 aromatic rings. The lowest BCUT2D eigenvalue weighted by Crippen LogP contribution is -2.53. The van der Waals surface area contributed by atoms with Crippen LogP contribution < -0.4 is 14.4 Å². The van der Waals surface area contributed by atoms with E-state index >= 15 is 0 Å². The van der Waals surface area contributed by atoms with Gasteiger partial charge in [-0.3, -0.25) is 19.3 Å². The van der Waals surface area contributed by atoms with Gasteiger partial charge in [0.15, 0.2) is 11.5 Å². The molecule has 0 N–H and O–H groups in total. The zero-order valence-electron chi connectivity index (χ0n) is 25.1. The van der Waals surface area contributed by atoms with Gasteiger partial charge >= 0.3 is 0 Å². The Morgan fingerprint density at radius 3 is 2.42 bits per heavy atom. The molecule has 0 saturated carbocycles. The molecule has 11 heteroatoms. The molecule has 3 aliphatic rings. The molecule has 230 valence electrons. The molecule has 45 heavy (non-hydrogen) atoms. The van der Waals surface area contributed by atoms with Crippen LogP contribution >= 0.6 is 11.8 Å². The molecular formula is C34H33N5O5S. The van der Waals surface area contributed by atoms with Gasteiger partial charge in [0.1, 0.15) is 12.4 Å². The number of carbonyl (C=O) groups excluding carboxylic acids is 3. The molecule has 3 aliphatic heterocycles. The van der Waals surface area contributed by atoms with Gasteiger partial charge in [0.2, 0.25) is 24.5 Å². The maximum atomic E-state index is 14.1. The van der Waals surface area contributed by atoms with Gasteiger partial charge in [-0.1, -0.05) is 48.5 Å². The Kier molecular flexibility index (Phi) is 7.70. The highest BCUT2D eigenvalue weighted by Crippen LogP contribution is 2.50. The van der Waals surface area contributed by atoms with E-state index in [-0.39, 0.29) is 42.1 Å². The number of carbonyl (C=O) groups is 3. The van der Waals surface area contributed by atoms with E-state index in [2.05, 4.69) is 0 Å². The minimum absolute atomic E-state index is 0.00322.